The molecule has 4 rings (SSSR count). The van der Waals surface area contributed by atoms with E-state index in [-0.39, 0.29) is 28.2 Å². The molecule has 0 unspecified atom stereocenters. The summed E-state index contributed by atoms with van der Waals surface area (Å²) in [6.45, 7) is 29.1. The molecule has 5 nitrogen and oxygen atoms in total. The normalized spacial score (nSPS) is 24.9. The molecule has 0 bridgehead atoms. The molecule has 2 aliphatic rings. The van der Waals surface area contributed by atoms with E-state index in [1.807, 2.05) is 0 Å². The van der Waals surface area contributed by atoms with Gasteiger partial charge in [-0.3, -0.25) is 0 Å². The number of hydrogen-bond donors (Lipinski definition) is 1. The highest BCUT2D eigenvalue weighted by Crippen LogP contribution is 2.44. The molecule has 1 saturated carbocycles. The minimum Gasteiger partial charge on any atom is -0.413 e. The summed E-state index contributed by atoms with van der Waals surface area (Å²) in [5.41, 5.74) is 1.09. The molecule has 58 heavy (non-hydrogen) atoms. The maximum atomic E-state index is 12.2. The van der Waals surface area contributed by atoms with E-state index in [2.05, 4.69) is 161 Å². The van der Waals surface area contributed by atoms with Gasteiger partial charge in [0.05, 0.1) is 31.0 Å². The van der Waals surface area contributed by atoms with Crippen LogP contribution in [0.5, 0.6) is 0 Å². The Morgan fingerprint density at radius 2 is 1.43 bits per heavy atom. The molecule has 7 heteroatoms. The zero-order valence-corrected chi connectivity index (χ0v) is 41.1. The number of rotatable bonds is 20. The molecule has 0 amide bonds. The maximum absolute atomic E-state index is 12.2. The predicted octanol–water partition coefficient (Wildman–Crippen LogP) is 11.9. The lowest BCUT2D eigenvalue weighted by Crippen LogP contribution is -2.67. The van der Waals surface area contributed by atoms with Crippen LogP contribution in [-0.4, -0.2) is 66.5 Å². The van der Waals surface area contributed by atoms with Crippen LogP contribution in [0.2, 0.25) is 23.2 Å². The summed E-state index contributed by atoms with van der Waals surface area (Å²) in [5.74, 6) is 1.87. The van der Waals surface area contributed by atoms with Gasteiger partial charge in [0.25, 0.3) is 8.32 Å². The fraction of sp³-hybridized carbons (Fsp3) is 0.686. The first kappa shape index (κ1) is 48.8. The van der Waals surface area contributed by atoms with Gasteiger partial charge in [-0.05, 0) is 121 Å². The topological polar surface area (TPSA) is 57.2 Å². The van der Waals surface area contributed by atoms with Crippen molar-refractivity contribution >= 4 is 27.0 Å². The Kier molecular flexibility index (Phi) is 18.3. The molecule has 9 atom stereocenters. The minimum atomic E-state index is -2.66. The highest BCUT2D eigenvalue weighted by molar-refractivity contribution is 6.99. The molecular weight excluding hydrogens is 749 g/mol. The summed E-state index contributed by atoms with van der Waals surface area (Å²) >= 11 is 0. The second kappa shape index (κ2) is 21.8. The molecule has 0 spiro atoms. The number of benzene rings is 2. The summed E-state index contributed by atoms with van der Waals surface area (Å²) in [7, 11) is -2.94. The largest absolute Gasteiger partial charge is 0.413 e. The molecule has 0 aromatic heterocycles. The highest BCUT2D eigenvalue weighted by atomic mass is 28.4. The van der Waals surface area contributed by atoms with Crippen molar-refractivity contribution in [3.8, 4) is 0 Å². The van der Waals surface area contributed by atoms with Crippen molar-refractivity contribution in [2.75, 3.05) is 20.3 Å². The summed E-state index contributed by atoms with van der Waals surface area (Å²) < 4.78 is 26.2. The monoisotopic (exact) mass is 833 g/mol. The first-order valence-electron chi connectivity index (χ1n) is 22.9. The van der Waals surface area contributed by atoms with E-state index in [1.165, 1.54) is 23.2 Å². The van der Waals surface area contributed by atoms with E-state index in [0.29, 0.717) is 43.0 Å². The van der Waals surface area contributed by atoms with Crippen LogP contribution in [0.4, 0.5) is 0 Å². The lowest BCUT2D eigenvalue weighted by atomic mass is 9.67. The lowest BCUT2D eigenvalue weighted by Gasteiger charge is -2.45. The second-order valence-electron chi connectivity index (χ2n) is 20.8. The lowest BCUT2D eigenvalue weighted by molar-refractivity contribution is -0.0456. The number of allylic oxidation sites excluding steroid dienone is 3. The third-order valence-electron chi connectivity index (χ3n) is 14.4. The van der Waals surface area contributed by atoms with Crippen molar-refractivity contribution in [1.29, 1.82) is 0 Å². The molecule has 0 radical (unpaired) electrons. The van der Waals surface area contributed by atoms with E-state index >= 15 is 0 Å². The fourth-order valence-electron chi connectivity index (χ4n) is 9.62. The van der Waals surface area contributed by atoms with Gasteiger partial charge in [-0.2, -0.15) is 0 Å². The van der Waals surface area contributed by atoms with Gasteiger partial charge in [0.1, 0.15) is 0 Å². The summed E-state index contributed by atoms with van der Waals surface area (Å²) in [6, 6.07) is 22.1. The van der Waals surface area contributed by atoms with E-state index in [9.17, 15) is 5.11 Å². The Hall–Kier alpha value is -1.85. The van der Waals surface area contributed by atoms with Crippen LogP contribution < -0.4 is 10.4 Å². The molecule has 1 aliphatic carbocycles. The van der Waals surface area contributed by atoms with E-state index < -0.39 is 22.7 Å². The molecule has 2 aromatic carbocycles. The van der Waals surface area contributed by atoms with Gasteiger partial charge in [0.15, 0.2) is 8.32 Å². The van der Waals surface area contributed by atoms with Gasteiger partial charge in [-0.1, -0.05) is 154 Å². The van der Waals surface area contributed by atoms with Crippen molar-refractivity contribution in [2.24, 2.45) is 29.6 Å². The van der Waals surface area contributed by atoms with Gasteiger partial charge < -0.3 is 23.4 Å². The zero-order chi connectivity index (χ0) is 42.7. The van der Waals surface area contributed by atoms with Crippen LogP contribution in [0.3, 0.4) is 0 Å². The van der Waals surface area contributed by atoms with Gasteiger partial charge >= 0.3 is 0 Å². The Morgan fingerprint density at radius 3 is 2.00 bits per heavy atom. The van der Waals surface area contributed by atoms with Gasteiger partial charge in [-0.15, -0.1) is 0 Å². The van der Waals surface area contributed by atoms with Crippen molar-refractivity contribution in [3.63, 3.8) is 0 Å². The van der Waals surface area contributed by atoms with Crippen LogP contribution in [0.1, 0.15) is 127 Å². The quantitative estimate of drug-likeness (QED) is 0.106. The Labute approximate surface area is 358 Å². The van der Waals surface area contributed by atoms with E-state index in [0.717, 1.165) is 50.5 Å². The van der Waals surface area contributed by atoms with E-state index in [1.54, 1.807) is 7.11 Å². The summed E-state index contributed by atoms with van der Waals surface area (Å²) in [4.78, 5) is 0. The zero-order valence-electron chi connectivity index (χ0n) is 39.1. The molecule has 1 N–H and O–H groups in total. The minimum absolute atomic E-state index is 0.0620. The van der Waals surface area contributed by atoms with Crippen LogP contribution in [-0.2, 0) is 18.3 Å². The number of ether oxygens (including phenoxy) is 2. The highest BCUT2D eigenvalue weighted by Gasteiger charge is 2.51. The molecule has 1 saturated heterocycles. The van der Waals surface area contributed by atoms with Crippen LogP contribution in [0.15, 0.2) is 84.5 Å². The third-order valence-corrected chi connectivity index (χ3v) is 23.9. The van der Waals surface area contributed by atoms with Crippen LogP contribution >= 0.6 is 0 Å². The predicted molar refractivity (Wildman–Crippen MR) is 251 cm³/mol. The van der Waals surface area contributed by atoms with Gasteiger partial charge in [0.2, 0.25) is 0 Å². The second-order valence-corrected chi connectivity index (χ2v) is 29.9. The van der Waals surface area contributed by atoms with Crippen molar-refractivity contribution in [3.05, 3.63) is 84.5 Å². The van der Waals surface area contributed by atoms with Crippen molar-refractivity contribution in [1.82, 2.24) is 0 Å². The number of methoxy groups -OCH3 is 1. The molecule has 2 aromatic rings. The van der Waals surface area contributed by atoms with Gasteiger partial charge in [-0.25, -0.2) is 0 Å². The van der Waals surface area contributed by atoms with Crippen LogP contribution in [0.25, 0.3) is 0 Å². The molecule has 1 aliphatic heterocycles. The molecular formula is C51H84O5Si2. The third kappa shape index (κ3) is 12.6. The number of aliphatic hydroxyl groups is 1. The van der Waals surface area contributed by atoms with E-state index in [4.69, 9.17) is 18.3 Å². The van der Waals surface area contributed by atoms with Crippen molar-refractivity contribution < 1.29 is 23.4 Å². The summed E-state index contributed by atoms with van der Waals surface area (Å²) in [5, 5.41) is 14.9. The fourth-order valence-corrected chi connectivity index (χ4v) is 15.2. The smallest absolute Gasteiger partial charge is 0.261 e. The average molecular weight is 833 g/mol. The van der Waals surface area contributed by atoms with Gasteiger partial charge in [0, 0.05) is 13.7 Å². The van der Waals surface area contributed by atoms with Crippen LogP contribution in [0, 0.1) is 29.6 Å². The van der Waals surface area contributed by atoms with Crippen molar-refractivity contribution in [2.45, 2.75) is 175 Å². The molecule has 326 valence electrons. The number of hydrogen-bond acceptors (Lipinski definition) is 5. The molecule has 2 fully saturated rings. The Bertz CT molecular complexity index is 1500. The average Bonchev–Trinajstić information content (AvgIpc) is 3.66. The SMILES string of the molecule is CO[C@H](C)[C@@H]1CC[C@@H](CC/C=C\CC[C@H](C)[C@@H](O)/C(=C/[C@@H]2CCC[C@H](C)[C@H]2[C@@H](C)CO[Si](c2ccccc2)(c2ccccc2)C(C)(C)C)CO[Si](C)(C)C(C)(C)C)O1. The maximum Gasteiger partial charge on any atom is 0.261 e. The molecule has 1 heterocycles. The number of aliphatic hydroxyl groups excluding tert-OH is 1. The first-order valence-corrected chi connectivity index (χ1v) is 27.7. The Morgan fingerprint density at radius 1 is 0.828 bits per heavy atom. The standard InChI is InChI=1S/C51H84O5Si2/c1-38-26-24-27-42(48(38)40(3)36-55-58(51(8,9)10,45-29-20-16-21-30-45)46-31-22-17-23-32-46)35-43(37-54-57(12,13)50(5,6)7)49(52)39(2)25-18-14-15-19-28-44-33-34-47(56-44)41(4)53-11/h14-17,20-23,29-32,35,38-42,44,47-49,52H,18-19,24-28,33-34,36-37H2,1-13H3/b15-14-,43-35+/t38-,39-,40-,41+,42-,44+,47-,48-,49+/m0/s1. The Balaban J connectivity index is 1.52. The summed E-state index contributed by atoms with van der Waals surface area (Å²) in [6.07, 6.45) is 17.1. The first-order chi connectivity index (χ1) is 27.3.